The van der Waals surface area contributed by atoms with Crippen LogP contribution in [0.1, 0.15) is 30.5 Å². The number of nitrogens with zero attached hydrogens (tertiary/aromatic N) is 5. The van der Waals surface area contributed by atoms with Crippen molar-refractivity contribution in [3.05, 3.63) is 48.0 Å². The Kier molecular flexibility index (Phi) is 3.36. The lowest BCUT2D eigenvalue weighted by Gasteiger charge is -2.13. The maximum absolute atomic E-state index is 9.19. The normalized spacial score (nSPS) is 16.9. The van der Waals surface area contributed by atoms with Crippen molar-refractivity contribution in [1.82, 2.24) is 14.9 Å². The summed E-state index contributed by atoms with van der Waals surface area (Å²) in [4.78, 5) is 10.6. The fraction of sp³-hybridized carbons (Fsp3) is 0.222. The van der Waals surface area contributed by atoms with E-state index in [-0.39, 0.29) is 6.04 Å². The highest BCUT2D eigenvalue weighted by atomic mass is 16.3. The van der Waals surface area contributed by atoms with E-state index in [9.17, 15) is 5.26 Å². The third kappa shape index (κ3) is 2.35. The number of hydrogen-bond donors (Lipinski definition) is 0. The zero-order valence-corrected chi connectivity index (χ0v) is 12.8. The van der Waals surface area contributed by atoms with Crippen LogP contribution in [0.5, 0.6) is 0 Å². The molecule has 6 nitrogen and oxygen atoms in total. The zero-order chi connectivity index (χ0) is 16.5. The summed E-state index contributed by atoms with van der Waals surface area (Å²) in [5.41, 5.74) is 3.40. The van der Waals surface area contributed by atoms with Crippen molar-refractivity contribution < 1.29 is 4.42 Å². The molecule has 4 rings (SSSR count). The lowest BCUT2D eigenvalue weighted by molar-refractivity contribution is 0.314. The molecule has 0 saturated carbocycles. The number of likely N-dealkylation sites (tertiary alicyclic amines) is 1. The van der Waals surface area contributed by atoms with Crippen molar-refractivity contribution in [1.29, 1.82) is 10.5 Å². The quantitative estimate of drug-likeness (QED) is 0.673. The van der Waals surface area contributed by atoms with Crippen LogP contribution in [-0.4, -0.2) is 21.4 Å². The van der Waals surface area contributed by atoms with Crippen LogP contribution in [0.3, 0.4) is 0 Å². The Hall–Kier alpha value is -3.38. The second-order valence-electron chi connectivity index (χ2n) is 5.71. The van der Waals surface area contributed by atoms with Gasteiger partial charge >= 0.3 is 0 Å². The third-order valence-corrected chi connectivity index (χ3v) is 4.23. The summed E-state index contributed by atoms with van der Waals surface area (Å²) < 4.78 is 5.84. The van der Waals surface area contributed by atoms with Crippen LogP contribution < -0.4 is 0 Å². The van der Waals surface area contributed by atoms with E-state index in [4.69, 9.17) is 9.68 Å². The molecule has 3 aromatic rings. The lowest BCUT2D eigenvalue weighted by atomic mass is 10.1. The van der Waals surface area contributed by atoms with Crippen LogP contribution in [0.15, 0.2) is 40.8 Å². The minimum atomic E-state index is -0.0779. The average Bonchev–Trinajstić information content (AvgIpc) is 3.26. The number of nitriles is 2. The van der Waals surface area contributed by atoms with Gasteiger partial charge in [0, 0.05) is 12.1 Å². The van der Waals surface area contributed by atoms with Gasteiger partial charge in [0.25, 0.3) is 0 Å². The number of benzene rings is 1. The Labute approximate surface area is 138 Å². The molecule has 3 heterocycles. The third-order valence-electron chi connectivity index (χ3n) is 4.23. The topological polar surface area (TPSA) is 89.7 Å². The van der Waals surface area contributed by atoms with Gasteiger partial charge in [-0.25, -0.2) is 9.97 Å². The smallest absolute Gasteiger partial charge is 0.218 e. The Morgan fingerprint density at radius 2 is 2.08 bits per heavy atom. The van der Waals surface area contributed by atoms with E-state index >= 15 is 0 Å². The molecular weight excluding hydrogens is 302 g/mol. The van der Waals surface area contributed by atoms with Gasteiger partial charge in [-0.15, -0.1) is 0 Å². The molecule has 0 amide bonds. The molecule has 6 heteroatoms. The SMILES string of the molecule is N#Cc1cccc(-c2ccc3oc(C4CCCN4C#N)nc3c2)n1. The van der Waals surface area contributed by atoms with E-state index in [1.165, 1.54) is 0 Å². The highest BCUT2D eigenvalue weighted by Gasteiger charge is 2.29. The van der Waals surface area contributed by atoms with Crippen LogP contribution in [0.4, 0.5) is 0 Å². The van der Waals surface area contributed by atoms with Crippen LogP contribution in [0, 0.1) is 22.8 Å². The molecule has 2 aromatic heterocycles. The lowest BCUT2D eigenvalue weighted by Crippen LogP contribution is -2.17. The molecule has 1 fully saturated rings. The molecular formula is C18H13N5O. The van der Waals surface area contributed by atoms with Crippen molar-refractivity contribution in [3.63, 3.8) is 0 Å². The molecule has 24 heavy (non-hydrogen) atoms. The van der Waals surface area contributed by atoms with Crippen molar-refractivity contribution >= 4 is 11.1 Å². The monoisotopic (exact) mass is 315 g/mol. The molecule has 1 unspecified atom stereocenters. The fourth-order valence-electron chi connectivity index (χ4n) is 3.05. The minimum Gasteiger partial charge on any atom is -0.438 e. The van der Waals surface area contributed by atoms with Crippen molar-refractivity contribution in [3.8, 4) is 23.5 Å². The zero-order valence-electron chi connectivity index (χ0n) is 12.8. The molecule has 0 spiro atoms. The van der Waals surface area contributed by atoms with Gasteiger partial charge in [0.2, 0.25) is 5.89 Å². The maximum Gasteiger partial charge on any atom is 0.218 e. The molecule has 0 N–H and O–H groups in total. The molecule has 1 atom stereocenters. The first kappa shape index (κ1) is 14.2. The molecule has 1 aliphatic rings. The second kappa shape index (κ2) is 5.68. The minimum absolute atomic E-state index is 0.0779. The van der Waals surface area contributed by atoms with Gasteiger partial charge in [0.1, 0.15) is 23.3 Å². The largest absolute Gasteiger partial charge is 0.438 e. The average molecular weight is 315 g/mol. The number of pyridine rings is 1. The van der Waals surface area contributed by atoms with Crippen LogP contribution in [0.25, 0.3) is 22.4 Å². The Morgan fingerprint density at radius 3 is 2.92 bits per heavy atom. The highest BCUT2D eigenvalue weighted by Crippen LogP contribution is 2.33. The van der Waals surface area contributed by atoms with Crippen molar-refractivity contribution in [2.75, 3.05) is 6.54 Å². The number of hydrogen-bond acceptors (Lipinski definition) is 6. The molecule has 0 bridgehead atoms. The first-order valence-corrected chi connectivity index (χ1v) is 7.73. The maximum atomic E-state index is 9.19. The molecule has 116 valence electrons. The molecule has 1 aromatic carbocycles. The first-order valence-electron chi connectivity index (χ1n) is 7.73. The standard InChI is InChI=1S/C18H13N5O/c19-10-13-3-1-4-14(21-13)12-6-7-17-15(9-12)22-18(24-17)16-5-2-8-23(16)11-20/h1,3-4,6-7,9,16H,2,5,8H2. The van der Waals surface area contributed by atoms with Crippen LogP contribution in [0.2, 0.25) is 0 Å². The van der Waals surface area contributed by atoms with Gasteiger partial charge in [-0.05, 0) is 43.2 Å². The van der Waals surface area contributed by atoms with E-state index in [1.807, 2.05) is 36.4 Å². The predicted octanol–water partition coefficient (Wildman–Crippen LogP) is 3.38. The van der Waals surface area contributed by atoms with E-state index < -0.39 is 0 Å². The van der Waals surface area contributed by atoms with E-state index in [0.29, 0.717) is 17.2 Å². The van der Waals surface area contributed by atoms with Gasteiger partial charge in [-0.3, -0.25) is 4.90 Å². The van der Waals surface area contributed by atoms with Crippen LogP contribution in [-0.2, 0) is 0 Å². The Morgan fingerprint density at radius 1 is 1.17 bits per heavy atom. The van der Waals surface area contributed by atoms with Gasteiger partial charge < -0.3 is 4.42 Å². The highest BCUT2D eigenvalue weighted by molar-refractivity contribution is 5.79. The Balaban J connectivity index is 1.74. The van der Waals surface area contributed by atoms with Crippen LogP contribution >= 0.6 is 0 Å². The molecule has 1 saturated heterocycles. The van der Waals surface area contributed by atoms with Gasteiger partial charge in [0.15, 0.2) is 11.8 Å². The summed E-state index contributed by atoms with van der Waals surface area (Å²) in [5, 5.41) is 18.2. The van der Waals surface area contributed by atoms with E-state index in [2.05, 4.69) is 16.2 Å². The first-order chi connectivity index (χ1) is 11.8. The van der Waals surface area contributed by atoms with Gasteiger partial charge in [0.05, 0.1) is 5.69 Å². The molecule has 1 aliphatic heterocycles. The molecule has 0 radical (unpaired) electrons. The Bertz CT molecular complexity index is 995. The number of rotatable bonds is 2. The summed E-state index contributed by atoms with van der Waals surface area (Å²) in [5.74, 6) is 0.583. The predicted molar refractivity (Wildman–Crippen MR) is 86.2 cm³/mol. The summed E-state index contributed by atoms with van der Waals surface area (Å²) in [6.07, 6.45) is 4.04. The van der Waals surface area contributed by atoms with Gasteiger partial charge in [-0.1, -0.05) is 6.07 Å². The fourth-order valence-corrected chi connectivity index (χ4v) is 3.05. The number of oxazole rings is 1. The van der Waals surface area contributed by atoms with Crippen molar-refractivity contribution in [2.45, 2.75) is 18.9 Å². The summed E-state index contributed by atoms with van der Waals surface area (Å²) >= 11 is 0. The summed E-state index contributed by atoms with van der Waals surface area (Å²) in [6, 6.07) is 13.0. The number of aromatic nitrogens is 2. The molecule has 0 aliphatic carbocycles. The second-order valence-corrected chi connectivity index (χ2v) is 5.71. The van der Waals surface area contributed by atoms with Crippen molar-refractivity contribution in [2.24, 2.45) is 0 Å². The van der Waals surface area contributed by atoms with Gasteiger partial charge in [-0.2, -0.15) is 10.5 Å². The summed E-state index contributed by atoms with van der Waals surface area (Å²) in [7, 11) is 0. The van der Waals surface area contributed by atoms with E-state index in [0.717, 1.165) is 36.2 Å². The van der Waals surface area contributed by atoms with E-state index in [1.54, 1.807) is 11.0 Å². The number of fused-ring (bicyclic) bond motifs is 1. The summed E-state index contributed by atoms with van der Waals surface area (Å²) in [6.45, 7) is 0.746.